The zero-order chi connectivity index (χ0) is 20.2. The van der Waals surface area contributed by atoms with Crippen LogP contribution < -0.4 is 10.6 Å². The van der Waals surface area contributed by atoms with Gasteiger partial charge in [0.25, 0.3) is 0 Å². The average Bonchev–Trinajstić information content (AvgIpc) is 2.91. The van der Waals surface area contributed by atoms with Gasteiger partial charge < -0.3 is 25.2 Å². The Morgan fingerprint density at radius 1 is 1.03 bits per heavy atom. The molecule has 7 nitrogen and oxygen atoms in total. The summed E-state index contributed by atoms with van der Waals surface area (Å²) in [6.07, 6.45) is 3.64. The summed E-state index contributed by atoms with van der Waals surface area (Å²) >= 11 is 0. The molecule has 2 fully saturated rings. The number of likely N-dealkylation sites (N-methyl/N-ethyl adjacent to an activating group) is 1. The van der Waals surface area contributed by atoms with Crippen LogP contribution in [0.25, 0.3) is 0 Å². The molecule has 0 aromatic heterocycles. The molecule has 0 spiro atoms. The Hall–Kier alpha value is -0.160. The lowest BCUT2D eigenvalue weighted by molar-refractivity contribution is 0.0132. The van der Waals surface area contributed by atoms with Gasteiger partial charge in [0, 0.05) is 52.4 Å². The number of ether oxygens (including phenoxy) is 1. The molecule has 172 valence electrons. The molecule has 2 heterocycles. The number of morpholine rings is 1. The van der Waals surface area contributed by atoms with Crippen LogP contribution in [0.5, 0.6) is 0 Å². The van der Waals surface area contributed by atoms with Crippen molar-refractivity contribution >= 4 is 29.9 Å². The van der Waals surface area contributed by atoms with Gasteiger partial charge in [-0.25, -0.2) is 0 Å². The molecule has 0 aromatic rings. The monoisotopic (exact) mass is 524 g/mol. The summed E-state index contributed by atoms with van der Waals surface area (Å²) in [6.45, 7) is 16.3. The Kier molecular flexibility index (Phi) is 14.5. The van der Waals surface area contributed by atoms with Crippen molar-refractivity contribution in [1.82, 2.24) is 25.3 Å². The smallest absolute Gasteiger partial charge is 0.191 e. The van der Waals surface area contributed by atoms with E-state index < -0.39 is 0 Å². The summed E-state index contributed by atoms with van der Waals surface area (Å²) in [5.41, 5.74) is 0. The van der Waals surface area contributed by atoms with Crippen LogP contribution >= 0.6 is 24.0 Å². The van der Waals surface area contributed by atoms with E-state index in [1.165, 1.54) is 45.6 Å². The second-order valence-electron chi connectivity index (χ2n) is 8.66. The van der Waals surface area contributed by atoms with Gasteiger partial charge in [0.05, 0.1) is 13.2 Å². The fourth-order valence-corrected chi connectivity index (χ4v) is 4.12. The van der Waals surface area contributed by atoms with E-state index in [1.54, 1.807) is 0 Å². The molecule has 2 aliphatic rings. The van der Waals surface area contributed by atoms with Crippen LogP contribution in [-0.4, -0.2) is 113 Å². The quantitative estimate of drug-likeness (QED) is 0.207. The zero-order valence-electron chi connectivity index (χ0n) is 19.2. The van der Waals surface area contributed by atoms with E-state index in [4.69, 9.17) is 4.74 Å². The molecule has 0 bridgehead atoms. The number of rotatable bonds is 9. The molecular weight excluding hydrogens is 479 g/mol. The lowest BCUT2D eigenvalue weighted by atomic mass is 10.0. The maximum Gasteiger partial charge on any atom is 0.191 e. The normalized spacial score (nSPS) is 21.5. The van der Waals surface area contributed by atoms with Crippen molar-refractivity contribution in [3.8, 4) is 0 Å². The zero-order valence-corrected chi connectivity index (χ0v) is 21.5. The van der Waals surface area contributed by atoms with E-state index in [1.807, 2.05) is 7.05 Å². The molecule has 1 atom stereocenters. The number of halogens is 1. The average molecular weight is 525 g/mol. The number of aliphatic imine (C=N–C) groups is 1. The van der Waals surface area contributed by atoms with Crippen molar-refractivity contribution in [1.29, 1.82) is 0 Å². The summed E-state index contributed by atoms with van der Waals surface area (Å²) in [5.74, 6) is 1.62. The first-order valence-corrected chi connectivity index (χ1v) is 11.3. The minimum atomic E-state index is 0. The van der Waals surface area contributed by atoms with Crippen LogP contribution in [0.3, 0.4) is 0 Å². The van der Waals surface area contributed by atoms with Crippen LogP contribution in [0.15, 0.2) is 4.99 Å². The third-order valence-electron chi connectivity index (χ3n) is 5.79. The maximum atomic E-state index is 5.53. The molecule has 0 amide bonds. The Morgan fingerprint density at radius 2 is 1.79 bits per heavy atom. The molecule has 29 heavy (non-hydrogen) atoms. The highest BCUT2D eigenvalue weighted by Gasteiger charge is 2.22. The highest BCUT2D eigenvalue weighted by Crippen LogP contribution is 2.13. The first-order valence-electron chi connectivity index (χ1n) is 11.3. The van der Waals surface area contributed by atoms with Gasteiger partial charge in [-0.15, -0.1) is 24.0 Å². The van der Waals surface area contributed by atoms with E-state index in [0.29, 0.717) is 12.0 Å². The van der Waals surface area contributed by atoms with E-state index >= 15 is 0 Å². The third kappa shape index (κ3) is 11.1. The lowest BCUT2D eigenvalue weighted by Crippen LogP contribution is -2.51. The van der Waals surface area contributed by atoms with Gasteiger partial charge in [0.2, 0.25) is 0 Å². The summed E-state index contributed by atoms with van der Waals surface area (Å²) in [6, 6.07) is 0.538. The van der Waals surface area contributed by atoms with Crippen LogP contribution in [0.1, 0.15) is 33.1 Å². The van der Waals surface area contributed by atoms with E-state index in [9.17, 15) is 0 Å². The van der Waals surface area contributed by atoms with E-state index in [0.717, 1.165) is 51.8 Å². The summed E-state index contributed by atoms with van der Waals surface area (Å²) in [5, 5.41) is 7.07. The molecule has 2 saturated heterocycles. The highest BCUT2D eigenvalue weighted by molar-refractivity contribution is 14.0. The predicted octanol–water partition coefficient (Wildman–Crippen LogP) is 1.54. The van der Waals surface area contributed by atoms with Crippen LogP contribution in [0.2, 0.25) is 0 Å². The van der Waals surface area contributed by atoms with Crippen molar-refractivity contribution in [2.45, 2.75) is 39.2 Å². The first kappa shape index (κ1) is 26.9. The molecule has 2 rings (SSSR count). The SMILES string of the molecule is CN=C(NCCCN1CCCN(C)CC1)NCC(CC(C)C)N1CCOCC1.I. The number of nitrogens with one attached hydrogen (secondary N) is 2. The second kappa shape index (κ2) is 15.6. The molecule has 0 radical (unpaired) electrons. The Labute approximate surface area is 196 Å². The third-order valence-corrected chi connectivity index (χ3v) is 5.79. The topological polar surface area (TPSA) is 55.4 Å². The van der Waals surface area contributed by atoms with Crippen molar-refractivity contribution in [2.24, 2.45) is 10.9 Å². The summed E-state index contributed by atoms with van der Waals surface area (Å²) in [4.78, 5) is 12.0. The first-order chi connectivity index (χ1) is 13.6. The Balaban J connectivity index is 0.00000420. The lowest BCUT2D eigenvalue weighted by Gasteiger charge is -2.35. The number of nitrogens with zero attached hydrogens (tertiary/aromatic N) is 4. The minimum Gasteiger partial charge on any atom is -0.379 e. The molecule has 2 aliphatic heterocycles. The van der Waals surface area contributed by atoms with E-state index in [2.05, 4.69) is 51.2 Å². The number of guanidine groups is 1. The fraction of sp³-hybridized carbons (Fsp3) is 0.952. The van der Waals surface area contributed by atoms with Crippen LogP contribution in [0.4, 0.5) is 0 Å². The molecule has 0 saturated carbocycles. The summed E-state index contributed by atoms with van der Waals surface area (Å²) in [7, 11) is 4.09. The minimum absolute atomic E-state index is 0. The molecule has 2 N–H and O–H groups in total. The fourth-order valence-electron chi connectivity index (χ4n) is 4.12. The van der Waals surface area contributed by atoms with Gasteiger partial charge in [-0.3, -0.25) is 9.89 Å². The molecule has 0 aromatic carbocycles. The Bertz CT molecular complexity index is 445. The van der Waals surface area contributed by atoms with Crippen molar-refractivity contribution < 1.29 is 4.74 Å². The standard InChI is InChI=1S/C21H44N6O.HI/c1-19(2)17-20(27-13-15-28-16-14-27)18-24-21(22-3)23-7-5-9-26-10-6-8-25(4)11-12-26;/h19-20H,5-18H2,1-4H3,(H2,22,23,24);1H. The maximum absolute atomic E-state index is 5.53. The largest absolute Gasteiger partial charge is 0.379 e. The number of hydrogen-bond acceptors (Lipinski definition) is 5. The molecule has 0 aliphatic carbocycles. The van der Waals surface area contributed by atoms with Gasteiger partial charge in [-0.05, 0) is 51.9 Å². The number of hydrogen-bond donors (Lipinski definition) is 2. The molecule has 1 unspecified atom stereocenters. The predicted molar refractivity (Wildman–Crippen MR) is 134 cm³/mol. The second-order valence-corrected chi connectivity index (χ2v) is 8.66. The van der Waals surface area contributed by atoms with Crippen molar-refractivity contribution in [3.05, 3.63) is 0 Å². The van der Waals surface area contributed by atoms with Crippen LogP contribution in [-0.2, 0) is 4.74 Å². The molecule has 8 heteroatoms. The van der Waals surface area contributed by atoms with Crippen LogP contribution in [0, 0.1) is 5.92 Å². The highest BCUT2D eigenvalue weighted by atomic mass is 127. The van der Waals surface area contributed by atoms with Crippen molar-refractivity contribution in [3.63, 3.8) is 0 Å². The van der Waals surface area contributed by atoms with Gasteiger partial charge in [-0.1, -0.05) is 13.8 Å². The van der Waals surface area contributed by atoms with Gasteiger partial charge in [-0.2, -0.15) is 0 Å². The van der Waals surface area contributed by atoms with Crippen molar-refractivity contribution in [2.75, 3.05) is 86.2 Å². The van der Waals surface area contributed by atoms with E-state index in [-0.39, 0.29) is 24.0 Å². The molecular formula is C21H45IN6O. The van der Waals surface area contributed by atoms with Gasteiger partial charge in [0.15, 0.2) is 5.96 Å². The Morgan fingerprint density at radius 3 is 2.48 bits per heavy atom. The summed E-state index contributed by atoms with van der Waals surface area (Å²) < 4.78 is 5.53. The van der Waals surface area contributed by atoms with Gasteiger partial charge >= 0.3 is 0 Å². The van der Waals surface area contributed by atoms with Gasteiger partial charge in [0.1, 0.15) is 0 Å².